The fourth-order valence-electron chi connectivity index (χ4n) is 0.994. The lowest BCUT2D eigenvalue weighted by Gasteiger charge is -2.07. The molecule has 0 bridgehead atoms. The number of carboxylic acid groups (broad SMARTS) is 1. The van der Waals surface area contributed by atoms with Gasteiger partial charge in [-0.05, 0) is 19.9 Å². The van der Waals surface area contributed by atoms with Crippen LogP contribution in [0, 0.1) is 0 Å². The fraction of sp³-hybridized carbons (Fsp3) is 0.500. The van der Waals surface area contributed by atoms with Gasteiger partial charge in [-0.3, -0.25) is 5.10 Å². The highest BCUT2D eigenvalue weighted by Gasteiger charge is 2.12. The van der Waals surface area contributed by atoms with E-state index in [1.807, 2.05) is 13.8 Å². The summed E-state index contributed by atoms with van der Waals surface area (Å²) in [5.41, 5.74) is 0.695. The second-order valence-corrected chi connectivity index (χ2v) is 2.61. The largest absolute Gasteiger partial charge is 0.476 e. The summed E-state index contributed by atoms with van der Waals surface area (Å²) < 4.78 is 5.26. The summed E-state index contributed by atoms with van der Waals surface area (Å²) >= 11 is 0. The molecule has 1 atom stereocenters. The van der Waals surface area contributed by atoms with Crippen molar-refractivity contribution in [3.63, 3.8) is 0 Å². The predicted octanol–water partition coefficient (Wildman–Crippen LogP) is 1.21. The normalized spacial score (nSPS) is 12.8. The highest BCUT2D eigenvalue weighted by atomic mass is 16.5. The van der Waals surface area contributed by atoms with Gasteiger partial charge in [0.2, 0.25) is 0 Å². The molecule has 1 aromatic rings. The summed E-state index contributed by atoms with van der Waals surface area (Å²) in [6.45, 7) is 4.30. The smallest absolute Gasteiger partial charge is 0.356 e. The second-order valence-electron chi connectivity index (χ2n) is 2.61. The number of aromatic carboxylic acids is 1. The molecule has 1 aromatic heterocycles. The zero-order chi connectivity index (χ0) is 9.84. The monoisotopic (exact) mass is 184 g/mol. The Morgan fingerprint density at radius 1 is 1.85 bits per heavy atom. The van der Waals surface area contributed by atoms with Gasteiger partial charge in [0.15, 0.2) is 5.69 Å². The van der Waals surface area contributed by atoms with Gasteiger partial charge < -0.3 is 9.84 Å². The van der Waals surface area contributed by atoms with Gasteiger partial charge in [-0.2, -0.15) is 5.10 Å². The van der Waals surface area contributed by atoms with Crippen molar-refractivity contribution in [3.05, 3.63) is 17.5 Å². The van der Waals surface area contributed by atoms with Crippen molar-refractivity contribution in [2.45, 2.75) is 20.0 Å². The van der Waals surface area contributed by atoms with E-state index in [2.05, 4.69) is 10.2 Å². The lowest BCUT2D eigenvalue weighted by Crippen LogP contribution is -1.99. The minimum absolute atomic E-state index is 0.0153. The molecule has 0 fully saturated rings. The van der Waals surface area contributed by atoms with Crippen molar-refractivity contribution >= 4 is 5.97 Å². The number of hydrogen-bond donors (Lipinski definition) is 2. The predicted molar refractivity (Wildman–Crippen MR) is 45.6 cm³/mol. The van der Waals surface area contributed by atoms with Gasteiger partial charge in [-0.25, -0.2) is 4.79 Å². The van der Waals surface area contributed by atoms with Crippen LogP contribution in [0.2, 0.25) is 0 Å². The van der Waals surface area contributed by atoms with Crippen LogP contribution in [0.25, 0.3) is 0 Å². The molecule has 1 heterocycles. The van der Waals surface area contributed by atoms with Crippen molar-refractivity contribution in [2.75, 3.05) is 6.61 Å². The number of ether oxygens (including phenoxy) is 1. The van der Waals surface area contributed by atoms with Gasteiger partial charge in [0, 0.05) is 6.61 Å². The highest BCUT2D eigenvalue weighted by Crippen LogP contribution is 2.14. The topological polar surface area (TPSA) is 75.2 Å². The number of rotatable bonds is 4. The quantitative estimate of drug-likeness (QED) is 0.737. The molecule has 0 spiro atoms. The van der Waals surface area contributed by atoms with Crippen LogP contribution in [0.4, 0.5) is 0 Å². The highest BCUT2D eigenvalue weighted by molar-refractivity contribution is 5.85. The zero-order valence-electron chi connectivity index (χ0n) is 7.57. The number of hydrogen-bond acceptors (Lipinski definition) is 3. The first-order valence-electron chi connectivity index (χ1n) is 4.05. The Labute approximate surface area is 75.7 Å². The van der Waals surface area contributed by atoms with Crippen molar-refractivity contribution in [1.82, 2.24) is 10.2 Å². The number of carbonyl (C=O) groups is 1. The first kappa shape index (κ1) is 9.73. The van der Waals surface area contributed by atoms with Crippen LogP contribution >= 0.6 is 0 Å². The molecule has 5 nitrogen and oxygen atoms in total. The number of nitrogens with one attached hydrogen (secondary N) is 1. The molecule has 2 N–H and O–H groups in total. The lowest BCUT2D eigenvalue weighted by atomic mass is 10.2. The molecule has 0 aliphatic heterocycles. The number of aromatic amines is 1. The molecule has 13 heavy (non-hydrogen) atoms. The molecule has 0 amide bonds. The van der Waals surface area contributed by atoms with Gasteiger partial charge in [0.25, 0.3) is 0 Å². The summed E-state index contributed by atoms with van der Waals surface area (Å²) in [5, 5.41) is 14.8. The first-order chi connectivity index (χ1) is 6.15. The minimum Gasteiger partial charge on any atom is -0.476 e. The van der Waals surface area contributed by atoms with Crippen LogP contribution in [-0.2, 0) is 4.74 Å². The van der Waals surface area contributed by atoms with Crippen molar-refractivity contribution in [3.8, 4) is 0 Å². The van der Waals surface area contributed by atoms with Gasteiger partial charge in [-0.1, -0.05) is 0 Å². The average molecular weight is 184 g/mol. The summed E-state index contributed by atoms with van der Waals surface area (Å²) in [6, 6.07) is 1.47. The van der Waals surface area contributed by atoms with Crippen LogP contribution < -0.4 is 0 Å². The maximum Gasteiger partial charge on any atom is 0.356 e. The van der Waals surface area contributed by atoms with Crippen LogP contribution in [0.1, 0.15) is 36.1 Å². The maximum absolute atomic E-state index is 10.5. The maximum atomic E-state index is 10.5. The average Bonchev–Trinajstić information content (AvgIpc) is 2.52. The van der Waals surface area contributed by atoms with E-state index in [9.17, 15) is 4.79 Å². The Hall–Kier alpha value is -1.36. The molecule has 0 aliphatic carbocycles. The summed E-state index contributed by atoms with van der Waals surface area (Å²) in [7, 11) is 0. The molecule has 0 saturated carbocycles. The van der Waals surface area contributed by atoms with Gasteiger partial charge in [0.05, 0.1) is 11.8 Å². The van der Waals surface area contributed by atoms with E-state index in [1.54, 1.807) is 0 Å². The summed E-state index contributed by atoms with van der Waals surface area (Å²) in [5.74, 6) is -1.04. The molecule has 1 rings (SSSR count). The lowest BCUT2D eigenvalue weighted by molar-refractivity contribution is 0.0690. The Kier molecular flexibility index (Phi) is 3.02. The van der Waals surface area contributed by atoms with E-state index in [0.717, 1.165) is 0 Å². The van der Waals surface area contributed by atoms with Crippen LogP contribution in [0.3, 0.4) is 0 Å². The first-order valence-corrected chi connectivity index (χ1v) is 4.05. The van der Waals surface area contributed by atoms with Crippen LogP contribution in [0.15, 0.2) is 6.07 Å². The third-order valence-corrected chi connectivity index (χ3v) is 1.67. The zero-order valence-corrected chi connectivity index (χ0v) is 7.57. The number of H-pyrrole nitrogens is 1. The summed E-state index contributed by atoms with van der Waals surface area (Å²) in [6.07, 6.45) is -0.148. The van der Waals surface area contributed by atoms with Gasteiger partial charge in [-0.15, -0.1) is 0 Å². The van der Waals surface area contributed by atoms with E-state index in [1.165, 1.54) is 6.07 Å². The standard InChI is InChI=1S/C8H12N2O3/c1-3-13-5(2)6-4-7(8(11)12)10-9-6/h4-5H,3H2,1-2H3,(H,9,10)(H,11,12). The van der Waals surface area contributed by atoms with E-state index >= 15 is 0 Å². The third-order valence-electron chi connectivity index (χ3n) is 1.67. The van der Waals surface area contributed by atoms with Crippen molar-refractivity contribution in [1.29, 1.82) is 0 Å². The Morgan fingerprint density at radius 3 is 3.00 bits per heavy atom. The number of carboxylic acids is 1. The molecule has 72 valence electrons. The Morgan fingerprint density at radius 2 is 2.54 bits per heavy atom. The van der Waals surface area contributed by atoms with Crippen LogP contribution in [-0.4, -0.2) is 27.9 Å². The van der Waals surface area contributed by atoms with Gasteiger partial charge >= 0.3 is 5.97 Å². The Bertz CT molecular complexity index is 295. The van der Waals surface area contributed by atoms with Crippen LogP contribution in [0.5, 0.6) is 0 Å². The molecular formula is C8H12N2O3. The molecule has 0 saturated heterocycles. The molecule has 1 unspecified atom stereocenters. The van der Waals surface area contributed by atoms with E-state index in [-0.39, 0.29) is 11.8 Å². The van der Waals surface area contributed by atoms with Gasteiger partial charge in [0.1, 0.15) is 0 Å². The number of nitrogens with zero attached hydrogens (tertiary/aromatic N) is 1. The molecule has 0 radical (unpaired) electrons. The van der Waals surface area contributed by atoms with E-state index in [0.29, 0.717) is 12.3 Å². The Balaban J connectivity index is 2.73. The molecule has 0 aliphatic rings. The van der Waals surface area contributed by atoms with Crippen molar-refractivity contribution in [2.24, 2.45) is 0 Å². The SMILES string of the molecule is CCOC(C)c1cc(C(=O)O)n[nH]1. The second kappa shape index (κ2) is 4.04. The summed E-state index contributed by atoms with van der Waals surface area (Å²) in [4.78, 5) is 10.5. The molecular weight excluding hydrogens is 172 g/mol. The third kappa shape index (κ3) is 2.29. The fourth-order valence-corrected chi connectivity index (χ4v) is 0.994. The minimum atomic E-state index is -1.04. The van der Waals surface area contributed by atoms with Crippen molar-refractivity contribution < 1.29 is 14.6 Å². The number of aromatic nitrogens is 2. The van der Waals surface area contributed by atoms with E-state index < -0.39 is 5.97 Å². The molecule has 0 aromatic carbocycles. The molecule has 5 heteroatoms. The van der Waals surface area contributed by atoms with E-state index in [4.69, 9.17) is 9.84 Å².